The molecule has 0 saturated carbocycles. The first-order chi connectivity index (χ1) is 11.7. The summed E-state index contributed by atoms with van der Waals surface area (Å²) in [5.74, 6) is 1.00. The largest absolute Gasteiger partial charge is 0.486 e. The SMILES string of the molecule is O=C(Nc1ccc2ncccc2c1)c1cc2c(cc1Br)OCCO2. The van der Waals surface area contributed by atoms with Crippen LogP contribution in [0.4, 0.5) is 5.69 Å². The lowest BCUT2D eigenvalue weighted by Gasteiger charge is -2.19. The number of carbonyl (C=O) groups excluding carboxylic acids is 1. The fourth-order valence-corrected chi connectivity index (χ4v) is 3.09. The average molecular weight is 385 g/mol. The summed E-state index contributed by atoms with van der Waals surface area (Å²) in [7, 11) is 0. The number of anilines is 1. The van der Waals surface area contributed by atoms with Crippen molar-refractivity contribution in [2.45, 2.75) is 0 Å². The van der Waals surface area contributed by atoms with Crippen LogP contribution in [-0.2, 0) is 0 Å². The van der Waals surface area contributed by atoms with E-state index in [-0.39, 0.29) is 5.91 Å². The van der Waals surface area contributed by atoms with Crippen LogP contribution >= 0.6 is 15.9 Å². The van der Waals surface area contributed by atoms with Gasteiger partial charge in [-0.2, -0.15) is 0 Å². The van der Waals surface area contributed by atoms with Crippen molar-refractivity contribution in [2.75, 3.05) is 18.5 Å². The number of hydrogen-bond donors (Lipinski definition) is 1. The maximum atomic E-state index is 12.6. The molecule has 0 bridgehead atoms. The van der Waals surface area contributed by atoms with Gasteiger partial charge in [-0.3, -0.25) is 9.78 Å². The monoisotopic (exact) mass is 384 g/mol. The Bertz CT molecular complexity index is 943. The van der Waals surface area contributed by atoms with Crippen molar-refractivity contribution in [3.8, 4) is 11.5 Å². The van der Waals surface area contributed by atoms with Crippen molar-refractivity contribution in [3.63, 3.8) is 0 Å². The predicted molar refractivity (Wildman–Crippen MR) is 94.8 cm³/mol. The van der Waals surface area contributed by atoms with Crippen LogP contribution in [0.25, 0.3) is 10.9 Å². The van der Waals surface area contributed by atoms with E-state index in [0.717, 1.165) is 10.9 Å². The standard InChI is InChI=1S/C18H13BrN2O3/c19-14-10-17-16(23-6-7-24-17)9-13(14)18(22)21-12-3-4-15-11(8-12)2-1-5-20-15/h1-5,8-10H,6-7H2,(H,21,22). The molecule has 0 spiro atoms. The molecule has 5 nitrogen and oxygen atoms in total. The van der Waals surface area contributed by atoms with Crippen LogP contribution in [0.15, 0.2) is 53.1 Å². The number of amides is 1. The molecule has 1 N–H and O–H groups in total. The van der Waals surface area contributed by atoms with Crippen LogP contribution in [0, 0.1) is 0 Å². The van der Waals surface area contributed by atoms with Crippen molar-refractivity contribution >= 4 is 38.4 Å². The highest BCUT2D eigenvalue weighted by Gasteiger charge is 2.19. The van der Waals surface area contributed by atoms with Crippen LogP contribution in [0.3, 0.4) is 0 Å². The lowest BCUT2D eigenvalue weighted by molar-refractivity contribution is 0.102. The molecule has 1 aromatic heterocycles. The number of nitrogens with one attached hydrogen (secondary N) is 1. The van der Waals surface area contributed by atoms with Crippen molar-refractivity contribution in [1.29, 1.82) is 0 Å². The molecule has 0 radical (unpaired) electrons. The molecule has 1 amide bonds. The van der Waals surface area contributed by atoms with E-state index in [2.05, 4.69) is 26.2 Å². The van der Waals surface area contributed by atoms with E-state index in [4.69, 9.17) is 9.47 Å². The van der Waals surface area contributed by atoms with E-state index in [9.17, 15) is 4.79 Å². The van der Waals surface area contributed by atoms with E-state index >= 15 is 0 Å². The molecule has 2 aromatic carbocycles. The number of fused-ring (bicyclic) bond motifs is 2. The first kappa shape index (κ1) is 15.0. The Morgan fingerprint density at radius 2 is 1.88 bits per heavy atom. The van der Waals surface area contributed by atoms with E-state index in [1.807, 2.05) is 30.3 Å². The molecule has 3 aromatic rings. The highest BCUT2D eigenvalue weighted by Crippen LogP contribution is 2.35. The first-order valence-electron chi connectivity index (χ1n) is 7.46. The molecule has 2 heterocycles. The van der Waals surface area contributed by atoms with Crippen LogP contribution in [0.1, 0.15) is 10.4 Å². The molecule has 4 rings (SSSR count). The van der Waals surface area contributed by atoms with Gasteiger partial charge in [0.1, 0.15) is 13.2 Å². The number of aromatic nitrogens is 1. The fourth-order valence-electron chi connectivity index (χ4n) is 2.59. The molecular formula is C18H13BrN2O3. The van der Waals surface area contributed by atoms with Crippen LogP contribution in [0.5, 0.6) is 11.5 Å². The smallest absolute Gasteiger partial charge is 0.256 e. The molecule has 0 unspecified atom stereocenters. The summed E-state index contributed by atoms with van der Waals surface area (Å²) in [4.78, 5) is 16.9. The minimum Gasteiger partial charge on any atom is -0.486 e. The van der Waals surface area contributed by atoms with Crippen LogP contribution < -0.4 is 14.8 Å². The zero-order chi connectivity index (χ0) is 16.5. The number of benzene rings is 2. The van der Waals surface area contributed by atoms with E-state index < -0.39 is 0 Å². The van der Waals surface area contributed by atoms with Crippen molar-refractivity contribution < 1.29 is 14.3 Å². The number of pyridine rings is 1. The van der Waals surface area contributed by atoms with Crippen molar-refractivity contribution in [1.82, 2.24) is 4.98 Å². The molecule has 0 aliphatic carbocycles. The molecule has 0 saturated heterocycles. The summed E-state index contributed by atoms with van der Waals surface area (Å²) < 4.78 is 11.7. The summed E-state index contributed by atoms with van der Waals surface area (Å²) in [6.45, 7) is 0.990. The Kier molecular flexibility index (Phi) is 3.82. The average Bonchev–Trinajstić information content (AvgIpc) is 2.61. The minimum atomic E-state index is -0.220. The van der Waals surface area contributed by atoms with Gasteiger partial charge in [0.15, 0.2) is 11.5 Å². The third-order valence-electron chi connectivity index (χ3n) is 3.74. The molecule has 120 valence electrons. The summed E-state index contributed by atoms with van der Waals surface area (Å²) >= 11 is 3.42. The quantitative estimate of drug-likeness (QED) is 0.724. The third-order valence-corrected chi connectivity index (χ3v) is 4.39. The maximum Gasteiger partial charge on any atom is 0.256 e. The van der Waals surface area contributed by atoms with Gasteiger partial charge in [0.2, 0.25) is 0 Å². The third kappa shape index (κ3) is 2.80. The molecular weight excluding hydrogens is 372 g/mol. The molecule has 1 aliphatic heterocycles. The highest BCUT2D eigenvalue weighted by molar-refractivity contribution is 9.10. The number of carbonyl (C=O) groups is 1. The number of ether oxygens (including phenoxy) is 2. The minimum absolute atomic E-state index is 0.220. The van der Waals surface area contributed by atoms with Gasteiger partial charge in [-0.15, -0.1) is 0 Å². The Balaban J connectivity index is 1.63. The molecule has 1 aliphatic rings. The molecule has 24 heavy (non-hydrogen) atoms. The van der Waals surface area contributed by atoms with E-state index in [0.29, 0.717) is 40.4 Å². The second-order valence-electron chi connectivity index (χ2n) is 5.34. The lowest BCUT2D eigenvalue weighted by atomic mass is 10.1. The van der Waals surface area contributed by atoms with Gasteiger partial charge in [0.25, 0.3) is 5.91 Å². The van der Waals surface area contributed by atoms with E-state index in [1.165, 1.54) is 0 Å². The normalized spacial score (nSPS) is 12.9. The van der Waals surface area contributed by atoms with Gasteiger partial charge in [-0.1, -0.05) is 6.07 Å². The second kappa shape index (κ2) is 6.13. The Morgan fingerprint density at radius 3 is 2.71 bits per heavy atom. The first-order valence-corrected chi connectivity index (χ1v) is 8.25. The Hall–Kier alpha value is -2.60. The predicted octanol–water partition coefficient (Wildman–Crippen LogP) is 4.02. The Labute approximate surface area is 146 Å². The second-order valence-corrected chi connectivity index (χ2v) is 6.20. The molecule has 0 fully saturated rings. The van der Waals surface area contributed by atoms with Crippen molar-refractivity contribution in [3.05, 3.63) is 58.7 Å². The molecule has 6 heteroatoms. The number of rotatable bonds is 2. The Morgan fingerprint density at radius 1 is 1.08 bits per heavy atom. The van der Waals surface area contributed by atoms with Gasteiger partial charge in [-0.25, -0.2) is 0 Å². The lowest BCUT2D eigenvalue weighted by Crippen LogP contribution is -2.17. The van der Waals surface area contributed by atoms with Gasteiger partial charge >= 0.3 is 0 Å². The number of hydrogen-bond acceptors (Lipinski definition) is 4. The maximum absolute atomic E-state index is 12.6. The van der Waals surface area contributed by atoms with Gasteiger partial charge < -0.3 is 14.8 Å². The fraction of sp³-hybridized carbons (Fsp3) is 0.111. The highest BCUT2D eigenvalue weighted by atomic mass is 79.9. The summed E-state index contributed by atoms with van der Waals surface area (Å²) in [6, 6.07) is 12.9. The zero-order valence-electron chi connectivity index (χ0n) is 12.6. The van der Waals surface area contributed by atoms with Crippen LogP contribution in [-0.4, -0.2) is 24.1 Å². The van der Waals surface area contributed by atoms with Gasteiger partial charge in [0, 0.05) is 21.7 Å². The topological polar surface area (TPSA) is 60.5 Å². The number of halogens is 1. The number of nitrogens with zero attached hydrogens (tertiary/aromatic N) is 1. The van der Waals surface area contributed by atoms with Gasteiger partial charge in [-0.05, 0) is 52.3 Å². The van der Waals surface area contributed by atoms with Crippen molar-refractivity contribution in [2.24, 2.45) is 0 Å². The summed E-state index contributed by atoms with van der Waals surface area (Å²) in [5, 5.41) is 3.87. The van der Waals surface area contributed by atoms with Gasteiger partial charge in [0.05, 0.1) is 11.1 Å². The molecule has 0 atom stereocenters. The summed E-state index contributed by atoms with van der Waals surface area (Å²) in [6.07, 6.45) is 1.74. The van der Waals surface area contributed by atoms with Crippen LogP contribution in [0.2, 0.25) is 0 Å². The zero-order valence-corrected chi connectivity index (χ0v) is 14.2. The summed E-state index contributed by atoms with van der Waals surface area (Å²) in [5.41, 5.74) is 2.09. The van der Waals surface area contributed by atoms with E-state index in [1.54, 1.807) is 18.3 Å².